The van der Waals surface area contributed by atoms with Crippen molar-refractivity contribution in [3.8, 4) is 11.1 Å². The lowest BCUT2D eigenvalue weighted by Crippen LogP contribution is -2.35. The third-order valence-corrected chi connectivity index (χ3v) is 7.31. The van der Waals surface area contributed by atoms with Gasteiger partial charge in [-0.25, -0.2) is 4.79 Å². The van der Waals surface area contributed by atoms with Crippen molar-refractivity contribution in [2.24, 2.45) is 0 Å². The zero-order valence-electron chi connectivity index (χ0n) is 20.8. The molecule has 0 heterocycles. The molecule has 0 radical (unpaired) electrons. The summed E-state index contributed by atoms with van der Waals surface area (Å²) in [5.41, 5.74) is 5.88. The van der Waals surface area contributed by atoms with Gasteiger partial charge in [-0.15, -0.1) is 0 Å². The van der Waals surface area contributed by atoms with Crippen molar-refractivity contribution < 1.29 is 24.2 Å². The molecule has 0 atom stereocenters. The molecule has 0 bridgehead atoms. The van der Waals surface area contributed by atoms with Crippen molar-refractivity contribution in [3.63, 3.8) is 0 Å². The van der Waals surface area contributed by atoms with E-state index >= 15 is 0 Å². The minimum absolute atomic E-state index is 0.0814. The van der Waals surface area contributed by atoms with E-state index in [9.17, 15) is 19.5 Å². The minimum atomic E-state index is -1.12. The second-order valence-electron chi connectivity index (χ2n) is 9.19. The first kappa shape index (κ1) is 26.2. The van der Waals surface area contributed by atoms with Crippen LogP contribution in [-0.2, 0) is 16.1 Å². The number of benzene rings is 4. The van der Waals surface area contributed by atoms with Gasteiger partial charge in [0.05, 0.1) is 5.69 Å². The molecule has 2 N–H and O–H groups in total. The van der Waals surface area contributed by atoms with Crippen LogP contribution in [0, 0.1) is 0 Å². The van der Waals surface area contributed by atoms with Crippen LogP contribution in [0.15, 0.2) is 102 Å². The molecule has 5 rings (SSSR count). The highest BCUT2D eigenvalue weighted by Crippen LogP contribution is 2.44. The van der Waals surface area contributed by atoms with Crippen molar-refractivity contribution in [1.29, 1.82) is 0 Å². The van der Waals surface area contributed by atoms with E-state index in [1.165, 1.54) is 11.0 Å². The summed E-state index contributed by atoms with van der Waals surface area (Å²) < 4.78 is 6.19. The minimum Gasteiger partial charge on any atom is -0.480 e. The lowest BCUT2D eigenvalue weighted by molar-refractivity contribution is -0.137. The average Bonchev–Trinajstić information content (AvgIpc) is 3.26. The van der Waals surface area contributed by atoms with E-state index in [-0.39, 0.29) is 24.6 Å². The largest absolute Gasteiger partial charge is 0.480 e. The number of hydrogen-bond donors (Lipinski definition) is 2. The van der Waals surface area contributed by atoms with Gasteiger partial charge >= 0.3 is 12.1 Å². The molecule has 4 aromatic carbocycles. The monoisotopic (exact) mass is 584 g/mol. The zero-order chi connectivity index (χ0) is 27.4. The van der Waals surface area contributed by atoms with E-state index in [4.69, 9.17) is 4.74 Å². The van der Waals surface area contributed by atoms with Crippen LogP contribution < -0.4 is 5.32 Å². The Morgan fingerprint density at radius 2 is 1.46 bits per heavy atom. The molecule has 7 nitrogen and oxygen atoms in total. The Balaban J connectivity index is 1.29. The van der Waals surface area contributed by atoms with Crippen molar-refractivity contribution in [3.05, 3.63) is 124 Å². The Morgan fingerprint density at radius 1 is 0.846 bits per heavy atom. The number of amides is 2. The molecule has 0 aliphatic heterocycles. The first-order chi connectivity index (χ1) is 18.9. The normalized spacial score (nSPS) is 11.8. The van der Waals surface area contributed by atoms with Crippen LogP contribution in [0.3, 0.4) is 0 Å². The number of hydrogen-bond acceptors (Lipinski definition) is 4. The van der Waals surface area contributed by atoms with Gasteiger partial charge in [0, 0.05) is 22.5 Å². The summed E-state index contributed by atoms with van der Waals surface area (Å²) in [4.78, 5) is 38.8. The zero-order valence-corrected chi connectivity index (χ0v) is 22.4. The summed E-state index contributed by atoms with van der Waals surface area (Å²) in [5.74, 6) is -1.67. The molecule has 2 amide bonds. The quantitative estimate of drug-likeness (QED) is 0.245. The Hall–Kier alpha value is -4.43. The van der Waals surface area contributed by atoms with Crippen LogP contribution in [0.25, 0.3) is 11.1 Å². The first-order valence-electron chi connectivity index (χ1n) is 12.4. The van der Waals surface area contributed by atoms with Gasteiger partial charge in [-0.2, -0.15) is 0 Å². The summed E-state index contributed by atoms with van der Waals surface area (Å²) in [6.45, 7) is -0.171. The molecule has 8 heteroatoms. The van der Waals surface area contributed by atoms with Crippen molar-refractivity contribution >= 4 is 39.6 Å². The van der Waals surface area contributed by atoms with Crippen molar-refractivity contribution in [2.75, 3.05) is 18.5 Å². The third kappa shape index (κ3) is 5.86. The second-order valence-corrected chi connectivity index (χ2v) is 10.0. The summed E-state index contributed by atoms with van der Waals surface area (Å²) in [5, 5.41) is 12.1. The van der Waals surface area contributed by atoms with E-state index in [0.29, 0.717) is 10.2 Å². The SMILES string of the molecule is O=C(O)CN(Cc1ccccc1)C(=O)c1ccc(Br)c(NC(=O)OCC2c3ccccc3-c3ccccc32)c1. The molecule has 196 valence electrons. The highest BCUT2D eigenvalue weighted by molar-refractivity contribution is 9.10. The number of anilines is 1. The third-order valence-electron chi connectivity index (χ3n) is 6.62. The Kier molecular flexibility index (Phi) is 7.74. The van der Waals surface area contributed by atoms with Gasteiger partial charge < -0.3 is 14.7 Å². The van der Waals surface area contributed by atoms with Crippen molar-refractivity contribution in [2.45, 2.75) is 12.5 Å². The lowest BCUT2D eigenvalue weighted by Gasteiger charge is -2.21. The van der Waals surface area contributed by atoms with Crippen LogP contribution in [0.4, 0.5) is 10.5 Å². The maximum absolute atomic E-state index is 13.3. The van der Waals surface area contributed by atoms with Gasteiger partial charge in [0.1, 0.15) is 13.2 Å². The molecular formula is C31H25BrN2O5. The van der Waals surface area contributed by atoms with Crippen LogP contribution in [-0.4, -0.2) is 41.1 Å². The number of nitrogens with one attached hydrogen (secondary N) is 1. The number of ether oxygens (including phenoxy) is 1. The smallest absolute Gasteiger partial charge is 0.411 e. The average molecular weight is 585 g/mol. The molecule has 0 unspecified atom stereocenters. The topological polar surface area (TPSA) is 95.9 Å². The van der Waals surface area contributed by atoms with Crippen LogP contribution in [0.1, 0.15) is 33.0 Å². The molecular weight excluding hydrogens is 560 g/mol. The van der Waals surface area contributed by atoms with E-state index < -0.39 is 24.5 Å². The van der Waals surface area contributed by atoms with E-state index in [0.717, 1.165) is 27.8 Å². The maximum Gasteiger partial charge on any atom is 0.411 e. The fourth-order valence-corrected chi connectivity index (χ4v) is 5.19. The van der Waals surface area contributed by atoms with E-state index in [1.54, 1.807) is 12.1 Å². The number of nitrogens with zero attached hydrogens (tertiary/aromatic N) is 1. The van der Waals surface area contributed by atoms with Crippen LogP contribution in [0.5, 0.6) is 0 Å². The molecule has 0 fully saturated rings. The molecule has 1 aliphatic rings. The molecule has 1 aliphatic carbocycles. The van der Waals surface area contributed by atoms with Gasteiger partial charge in [0.15, 0.2) is 0 Å². The van der Waals surface area contributed by atoms with Gasteiger partial charge in [-0.1, -0.05) is 78.9 Å². The predicted molar refractivity (Wildman–Crippen MR) is 152 cm³/mol. The molecule has 4 aromatic rings. The van der Waals surface area contributed by atoms with Crippen LogP contribution in [0.2, 0.25) is 0 Å². The van der Waals surface area contributed by atoms with E-state index in [2.05, 4.69) is 33.4 Å². The first-order valence-corrected chi connectivity index (χ1v) is 13.2. The Bertz CT molecular complexity index is 1490. The highest BCUT2D eigenvalue weighted by Gasteiger charge is 2.29. The number of carbonyl (C=O) groups excluding carboxylic acids is 2. The number of aliphatic carboxylic acids is 1. The molecule has 0 aromatic heterocycles. The summed E-state index contributed by atoms with van der Waals surface area (Å²) in [6, 6.07) is 30.1. The van der Waals surface area contributed by atoms with Gasteiger partial charge in [0.2, 0.25) is 0 Å². The fourth-order valence-electron chi connectivity index (χ4n) is 4.85. The Morgan fingerprint density at radius 3 is 2.10 bits per heavy atom. The van der Waals surface area contributed by atoms with Gasteiger partial charge in [-0.3, -0.25) is 14.9 Å². The maximum atomic E-state index is 13.3. The van der Waals surface area contributed by atoms with Crippen LogP contribution >= 0.6 is 15.9 Å². The molecule has 39 heavy (non-hydrogen) atoms. The molecule has 0 saturated carbocycles. The molecule has 0 saturated heterocycles. The predicted octanol–water partition coefficient (Wildman–Crippen LogP) is 6.54. The van der Waals surface area contributed by atoms with Crippen molar-refractivity contribution in [1.82, 2.24) is 4.90 Å². The lowest BCUT2D eigenvalue weighted by atomic mass is 9.98. The number of fused-ring (bicyclic) bond motifs is 3. The van der Waals surface area contributed by atoms with E-state index in [1.807, 2.05) is 66.7 Å². The second kappa shape index (κ2) is 11.5. The summed E-state index contributed by atoms with van der Waals surface area (Å²) in [6.07, 6.45) is -0.658. The van der Waals surface area contributed by atoms with Gasteiger partial charge in [0.25, 0.3) is 5.91 Å². The Labute approximate surface area is 234 Å². The number of carboxylic acid groups (broad SMARTS) is 1. The standard InChI is InChI=1S/C31H25BrN2O5/c32-27-15-14-21(30(37)34(18-29(35)36)17-20-8-2-1-3-9-20)16-28(27)33-31(38)39-19-26-24-12-6-4-10-22(24)23-11-5-7-13-25(23)26/h1-16,26H,17-19H2,(H,33,38)(H,35,36). The number of carboxylic acids is 1. The number of rotatable bonds is 8. The molecule has 0 spiro atoms. The highest BCUT2D eigenvalue weighted by atomic mass is 79.9. The number of carbonyl (C=O) groups is 3. The summed E-state index contributed by atoms with van der Waals surface area (Å²) in [7, 11) is 0. The number of halogens is 1. The fraction of sp³-hybridized carbons (Fsp3) is 0.129. The van der Waals surface area contributed by atoms with Gasteiger partial charge in [-0.05, 0) is 61.9 Å². The summed E-state index contributed by atoms with van der Waals surface area (Å²) >= 11 is 3.41.